The molecule has 156 valence electrons. The maximum atomic E-state index is 13.3. The van der Waals surface area contributed by atoms with Crippen LogP contribution in [0.4, 0.5) is 24.5 Å². The van der Waals surface area contributed by atoms with Gasteiger partial charge >= 0.3 is 6.18 Å². The summed E-state index contributed by atoms with van der Waals surface area (Å²) in [7, 11) is 0. The lowest BCUT2D eigenvalue weighted by Gasteiger charge is -2.34. The summed E-state index contributed by atoms with van der Waals surface area (Å²) in [6, 6.07) is 12.1. The highest BCUT2D eigenvalue weighted by Crippen LogP contribution is 2.49. The molecule has 6 heteroatoms. The first-order chi connectivity index (χ1) is 13.9. The molecule has 2 aliphatic heterocycles. The Kier molecular flexibility index (Phi) is 6.11. The van der Waals surface area contributed by atoms with E-state index >= 15 is 0 Å². The molecule has 0 aromatic heterocycles. The van der Waals surface area contributed by atoms with E-state index in [1.807, 2.05) is 24.3 Å². The molecule has 2 nitrogen and oxygen atoms in total. The van der Waals surface area contributed by atoms with Crippen LogP contribution in [-0.4, -0.2) is 31.1 Å². The first-order valence-electron chi connectivity index (χ1n) is 10.4. The lowest BCUT2D eigenvalue weighted by atomic mass is 9.99. The Balaban J connectivity index is 1.48. The molecule has 4 rings (SSSR count). The number of halogens is 3. The van der Waals surface area contributed by atoms with Crippen LogP contribution in [0.15, 0.2) is 52.3 Å². The molecular formula is C23H27F3N2S. The second kappa shape index (κ2) is 8.60. The molecule has 0 unspecified atom stereocenters. The fourth-order valence-electron chi connectivity index (χ4n) is 4.14. The number of rotatable bonds is 5. The van der Waals surface area contributed by atoms with Crippen molar-refractivity contribution in [2.24, 2.45) is 5.92 Å². The van der Waals surface area contributed by atoms with Gasteiger partial charge in [0.25, 0.3) is 0 Å². The molecule has 29 heavy (non-hydrogen) atoms. The zero-order valence-electron chi connectivity index (χ0n) is 16.7. The molecule has 2 aliphatic rings. The average molecular weight is 421 g/mol. The highest BCUT2D eigenvalue weighted by molar-refractivity contribution is 7.99. The Bertz CT molecular complexity index is 844. The second-order valence-corrected chi connectivity index (χ2v) is 9.22. The van der Waals surface area contributed by atoms with Crippen molar-refractivity contribution in [1.29, 1.82) is 0 Å². The van der Waals surface area contributed by atoms with Gasteiger partial charge in [-0.2, -0.15) is 13.2 Å². The number of benzene rings is 2. The molecule has 0 spiro atoms. The number of anilines is 2. The molecule has 2 heterocycles. The third kappa shape index (κ3) is 4.75. The summed E-state index contributed by atoms with van der Waals surface area (Å²) < 4.78 is 39.9. The van der Waals surface area contributed by atoms with E-state index in [0.29, 0.717) is 5.69 Å². The van der Waals surface area contributed by atoms with Gasteiger partial charge in [0.1, 0.15) is 0 Å². The van der Waals surface area contributed by atoms with Gasteiger partial charge in [-0.05, 0) is 81.6 Å². The first kappa shape index (κ1) is 20.6. The Hall–Kier alpha value is -1.66. The lowest BCUT2D eigenvalue weighted by molar-refractivity contribution is -0.137. The number of likely N-dealkylation sites (tertiary alicyclic amines) is 1. The van der Waals surface area contributed by atoms with Gasteiger partial charge in [-0.25, -0.2) is 0 Å². The molecule has 0 N–H and O–H groups in total. The Morgan fingerprint density at radius 1 is 0.931 bits per heavy atom. The second-order valence-electron chi connectivity index (χ2n) is 8.13. The monoisotopic (exact) mass is 420 g/mol. The first-order valence-corrected chi connectivity index (χ1v) is 11.2. The van der Waals surface area contributed by atoms with Gasteiger partial charge in [0.2, 0.25) is 0 Å². The van der Waals surface area contributed by atoms with E-state index in [1.54, 1.807) is 17.8 Å². The van der Waals surface area contributed by atoms with Crippen LogP contribution in [0.25, 0.3) is 0 Å². The lowest BCUT2D eigenvalue weighted by Crippen LogP contribution is -2.34. The number of hydrogen-bond donors (Lipinski definition) is 0. The van der Waals surface area contributed by atoms with Gasteiger partial charge in [-0.15, -0.1) is 0 Å². The van der Waals surface area contributed by atoms with E-state index in [9.17, 15) is 13.2 Å². The van der Waals surface area contributed by atoms with E-state index in [0.717, 1.165) is 47.3 Å². The van der Waals surface area contributed by atoms with E-state index in [2.05, 4.69) is 16.7 Å². The molecule has 2 aromatic rings. The van der Waals surface area contributed by atoms with Crippen molar-refractivity contribution in [3.63, 3.8) is 0 Å². The van der Waals surface area contributed by atoms with Crippen LogP contribution in [-0.2, 0) is 6.18 Å². The van der Waals surface area contributed by atoms with Crippen LogP contribution in [0.5, 0.6) is 0 Å². The molecule has 0 amide bonds. The number of piperidine rings is 1. The topological polar surface area (TPSA) is 6.48 Å². The fraction of sp³-hybridized carbons (Fsp3) is 0.478. The third-order valence-electron chi connectivity index (χ3n) is 5.94. The minimum atomic E-state index is -4.33. The Morgan fingerprint density at radius 3 is 2.38 bits per heavy atom. The number of unbranched alkanes of at least 4 members (excludes halogenated alkanes) is 1. The molecule has 0 radical (unpaired) electrons. The van der Waals surface area contributed by atoms with Gasteiger partial charge in [0.05, 0.1) is 16.9 Å². The molecule has 0 bridgehead atoms. The number of fused-ring (bicyclic) bond motifs is 2. The van der Waals surface area contributed by atoms with Gasteiger partial charge in [-0.3, -0.25) is 0 Å². The molecule has 1 saturated heterocycles. The van der Waals surface area contributed by atoms with Crippen molar-refractivity contribution in [3.8, 4) is 0 Å². The summed E-state index contributed by atoms with van der Waals surface area (Å²) in [6.45, 7) is 6.46. The van der Waals surface area contributed by atoms with E-state index < -0.39 is 11.7 Å². The quantitative estimate of drug-likeness (QED) is 0.490. The fourth-order valence-corrected chi connectivity index (χ4v) is 5.21. The Labute approximate surface area is 175 Å². The highest BCUT2D eigenvalue weighted by atomic mass is 32.2. The van der Waals surface area contributed by atoms with Crippen molar-refractivity contribution >= 4 is 23.1 Å². The minimum Gasteiger partial charge on any atom is -0.340 e. The van der Waals surface area contributed by atoms with Gasteiger partial charge in [-0.1, -0.05) is 30.8 Å². The van der Waals surface area contributed by atoms with Crippen molar-refractivity contribution in [3.05, 3.63) is 48.0 Å². The predicted molar refractivity (Wildman–Crippen MR) is 113 cm³/mol. The smallest absolute Gasteiger partial charge is 0.340 e. The maximum Gasteiger partial charge on any atom is 0.416 e. The summed E-state index contributed by atoms with van der Waals surface area (Å²) >= 11 is 1.55. The van der Waals surface area contributed by atoms with Gasteiger partial charge in [0.15, 0.2) is 0 Å². The summed E-state index contributed by atoms with van der Waals surface area (Å²) in [4.78, 5) is 6.59. The zero-order valence-corrected chi connectivity index (χ0v) is 17.5. The highest BCUT2D eigenvalue weighted by Gasteiger charge is 2.33. The Morgan fingerprint density at radius 2 is 1.62 bits per heavy atom. The normalized spacial score (nSPS) is 17.9. The number of hydrogen-bond acceptors (Lipinski definition) is 3. The summed E-state index contributed by atoms with van der Waals surface area (Å²) in [5, 5.41) is 0. The zero-order chi connectivity index (χ0) is 20.4. The number of alkyl halides is 3. The average Bonchev–Trinajstić information content (AvgIpc) is 2.70. The van der Waals surface area contributed by atoms with Crippen molar-refractivity contribution in [2.45, 2.75) is 48.6 Å². The summed E-state index contributed by atoms with van der Waals surface area (Å²) in [5.41, 5.74) is 1.11. The van der Waals surface area contributed by atoms with Crippen molar-refractivity contribution in [2.75, 3.05) is 31.1 Å². The minimum absolute atomic E-state index is 0.580. The standard InChI is InChI=1S/C23H27F3N2S/c1-17-10-14-27(15-11-17)12-4-5-13-28-19-6-2-3-7-21(19)29-22-9-8-18(16-20(22)28)23(24,25)26/h2-3,6-9,16-17H,4-5,10-15H2,1H3. The maximum absolute atomic E-state index is 13.3. The molecule has 0 atom stereocenters. The van der Waals surface area contributed by atoms with Crippen LogP contribution < -0.4 is 4.90 Å². The molecule has 2 aromatic carbocycles. The van der Waals surface area contributed by atoms with E-state index in [1.165, 1.54) is 38.1 Å². The van der Waals surface area contributed by atoms with Crippen LogP contribution in [0.3, 0.4) is 0 Å². The van der Waals surface area contributed by atoms with Crippen molar-refractivity contribution < 1.29 is 13.2 Å². The molecule has 0 saturated carbocycles. The van der Waals surface area contributed by atoms with Crippen LogP contribution in [0.2, 0.25) is 0 Å². The van der Waals surface area contributed by atoms with Crippen LogP contribution in [0.1, 0.15) is 38.2 Å². The summed E-state index contributed by atoms with van der Waals surface area (Å²) in [6.07, 6.45) is 0.234. The summed E-state index contributed by atoms with van der Waals surface area (Å²) in [5.74, 6) is 0.827. The number of para-hydroxylation sites is 1. The van der Waals surface area contributed by atoms with E-state index in [-0.39, 0.29) is 0 Å². The molecule has 1 fully saturated rings. The van der Waals surface area contributed by atoms with Gasteiger partial charge in [0, 0.05) is 16.3 Å². The molecule has 0 aliphatic carbocycles. The van der Waals surface area contributed by atoms with Crippen molar-refractivity contribution in [1.82, 2.24) is 4.90 Å². The predicted octanol–water partition coefficient (Wildman–Crippen LogP) is 6.82. The van der Waals surface area contributed by atoms with Crippen LogP contribution >= 0.6 is 11.8 Å². The third-order valence-corrected chi connectivity index (χ3v) is 7.07. The van der Waals surface area contributed by atoms with Gasteiger partial charge < -0.3 is 9.80 Å². The SMILES string of the molecule is CC1CCN(CCCCN2c3ccccc3Sc3ccc(C(F)(F)F)cc32)CC1. The largest absolute Gasteiger partial charge is 0.416 e. The van der Waals surface area contributed by atoms with Crippen LogP contribution in [0, 0.1) is 5.92 Å². The van der Waals surface area contributed by atoms with E-state index in [4.69, 9.17) is 0 Å². The number of nitrogens with zero attached hydrogens (tertiary/aromatic N) is 2. The molecular weight excluding hydrogens is 393 g/mol.